The minimum Gasteiger partial charge on any atom is -0.378 e. The molecule has 1 atom stereocenters. The first-order chi connectivity index (χ1) is 14.5. The van der Waals surface area contributed by atoms with E-state index in [0.717, 1.165) is 34.9 Å². The maximum absolute atomic E-state index is 12.9. The fourth-order valence-corrected chi connectivity index (χ4v) is 4.62. The lowest BCUT2D eigenvalue weighted by atomic mass is 10.1. The number of thiophene rings is 1. The number of hydrogen-bond acceptors (Lipinski definition) is 4. The molecule has 0 spiro atoms. The van der Waals surface area contributed by atoms with Crippen molar-refractivity contribution in [3.8, 4) is 11.1 Å². The summed E-state index contributed by atoms with van der Waals surface area (Å²) in [4.78, 5) is 25.0. The first-order valence-electron chi connectivity index (χ1n) is 10.2. The molecule has 5 nitrogen and oxygen atoms in total. The summed E-state index contributed by atoms with van der Waals surface area (Å²) in [5, 5.41) is 2.72. The Morgan fingerprint density at radius 1 is 1.03 bits per heavy atom. The van der Waals surface area contributed by atoms with Crippen molar-refractivity contribution in [2.24, 2.45) is 0 Å². The summed E-state index contributed by atoms with van der Waals surface area (Å²) in [6.45, 7) is 4.71. The van der Waals surface area contributed by atoms with Gasteiger partial charge < -0.3 is 14.8 Å². The zero-order chi connectivity index (χ0) is 21.1. The van der Waals surface area contributed by atoms with Crippen LogP contribution in [0, 0.1) is 0 Å². The summed E-state index contributed by atoms with van der Waals surface area (Å²) < 4.78 is 0. The number of quaternary nitrogens is 1. The molecule has 0 aliphatic rings. The molecule has 2 aromatic carbocycles. The lowest BCUT2D eigenvalue weighted by molar-refractivity contribution is -0.926. The molecule has 1 unspecified atom stereocenters. The van der Waals surface area contributed by atoms with Crippen LogP contribution in [0.5, 0.6) is 0 Å². The van der Waals surface area contributed by atoms with Gasteiger partial charge in [0.05, 0.1) is 11.9 Å². The van der Waals surface area contributed by atoms with Gasteiger partial charge in [-0.15, -0.1) is 11.3 Å². The zero-order valence-corrected chi connectivity index (χ0v) is 18.4. The molecule has 2 N–H and O–H groups in total. The maximum Gasteiger partial charge on any atom is 0.260 e. The third kappa shape index (κ3) is 4.30. The Morgan fingerprint density at radius 3 is 2.43 bits per heavy atom. The van der Waals surface area contributed by atoms with Gasteiger partial charge in [-0.1, -0.05) is 42.5 Å². The molecule has 0 bridgehead atoms. The van der Waals surface area contributed by atoms with Gasteiger partial charge in [-0.05, 0) is 24.6 Å². The molecule has 0 saturated heterocycles. The average molecular weight is 420 g/mol. The first kappa shape index (κ1) is 20.3. The Labute approximate surface area is 180 Å². The molecule has 4 rings (SSSR count). The second-order valence-electron chi connectivity index (χ2n) is 7.73. The molecule has 30 heavy (non-hydrogen) atoms. The second kappa shape index (κ2) is 8.81. The quantitative estimate of drug-likeness (QED) is 0.483. The number of fused-ring (bicyclic) bond motifs is 1. The van der Waals surface area contributed by atoms with Crippen molar-refractivity contribution in [1.29, 1.82) is 0 Å². The Morgan fingerprint density at radius 2 is 1.77 bits per heavy atom. The van der Waals surface area contributed by atoms with Crippen molar-refractivity contribution in [2.75, 3.05) is 25.5 Å². The third-order valence-electron chi connectivity index (χ3n) is 5.40. The summed E-state index contributed by atoms with van der Waals surface area (Å²) >= 11 is 1.54. The van der Waals surface area contributed by atoms with Gasteiger partial charge in [0, 0.05) is 36.3 Å². The van der Waals surface area contributed by atoms with Crippen molar-refractivity contribution in [1.82, 2.24) is 9.97 Å². The molecule has 0 aliphatic carbocycles. The third-order valence-corrected chi connectivity index (χ3v) is 6.27. The number of benzene rings is 2. The molecule has 0 amide bonds. The molecular weight excluding hydrogens is 392 g/mol. The Kier molecular flexibility index (Phi) is 5.97. The number of nitrogens with one attached hydrogen (secondary N) is 2. The summed E-state index contributed by atoms with van der Waals surface area (Å²) in [7, 11) is 4.09. The topological polar surface area (TPSA) is 53.4 Å². The molecule has 2 heterocycles. The predicted molar refractivity (Wildman–Crippen MR) is 125 cm³/mol. The van der Waals surface area contributed by atoms with Crippen molar-refractivity contribution < 1.29 is 4.90 Å². The smallest absolute Gasteiger partial charge is 0.260 e. The first-order valence-corrected chi connectivity index (χ1v) is 11.1. The van der Waals surface area contributed by atoms with Gasteiger partial charge in [0.15, 0.2) is 5.82 Å². The highest BCUT2D eigenvalue weighted by atomic mass is 32.1. The minimum absolute atomic E-state index is 0.0547. The Balaban J connectivity index is 1.56. The van der Waals surface area contributed by atoms with E-state index in [-0.39, 0.29) is 5.56 Å². The fourth-order valence-electron chi connectivity index (χ4n) is 3.66. The number of hydrogen-bond donors (Lipinski definition) is 2. The number of aromatic amines is 1. The number of nitrogens with zero attached hydrogens (tertiary/aromatic N) is 2. The Hall–Kier alpha value is -2.96. The standard InChI is InChI=1S/C24H26N4OS/c1-4-28(14-17-10-12-19(13-11-17)27(2)3)15-21-25-23(29)22-20(16-30-24(22)26-21)18-8-6-5-7-9-18/h5-13,16H,4,14-15H2,1-3H3,(H,25,26,29)/p+1. The molecule has 0 aliphatic heterocycles. The lowest BCUT2D eigenvalue weighted by Crippen LogP contribution is -3.09. The van der Waals surface area contributed by atoms with Crippen molar-refractivity contribution in [3.05, 3.63) is 81.7 Å². The van der Waals surface area contributed by atoms with E-state index in [1.54, 1.807) is 0 Å². The molecule has 6 heteroatoms. The maximum atomic E-state index is 12.9. The normalized spacial score (nSPS) is 12.2. The van der Waals surface area contributed by atoms with E-state index in [9.17, 15) is 4.79 Å². The number of H-pyrrole nitrogens is 1. The van der Waals surface area contributed by atoms with Crippen LogP contribution in [0.2, 0.25) is 0 Å². The molecular formula is C24H27N4OS+. The van der Waals surface area contributed by atoms with Crippen LogP contribution in [-0.2, 0) is 13.1 Å². The molecule has 154 valence electrons. The zero-order valence-electron chi connectivity index (χ0n) is 17.6. The van der Waals surface area contributed by atoms with E-state index in [1.807, 2.05) is 49.8 Å². The van der Waals surface area contributed by atoms with Crippen LogP contribution in [0.1, 0.15) is 18.3 Å². The van der Waals surface area contributed by atoms with Crippen LogP contribution in [0.25, 0.3) is 21.3 Å². The lowest BCUT2D eigenvalue weighted by Gasteiger charge is -2.18. The van der Waals surface area contributed by atoms with Gasteiger partial charge in [0.2, 0.25) is 0 Å². The van der Waals surface area contributed by atoms with Gasteiger partial charge in [-0.25, -0.2) is 4.98 Å². The second-order valence-corrected chi connectivity index (χ2v) is 8.58. The van der Waals surface area contributed by atoms with Crippen LogP contribution >= 0.6 is 11.3 Å². The molecule has 2 aromatic heterocycles. The minimum atomic E-state index is -0.0547. The molecule has 0 radical (unpaired) electrons. The van der Waals surface area contributed by atoms with Crippen LogP contribution < -0.4 is 15.4 Å². The fraction of sp³-hybridized carbons (Fsp3) is 0.250. The summed E-state index contributed by atoms with van der Waals surface area (Å²) in [6.07, 6.45) is 0. The summed E-state index contributed by atoms with van der Waals surface area (Å²) in [5.41, 5.74) is 4.42. The van der Waals surface area contributed by atoms with E-state index in [4.69, 9.17) is 4.98 Å². The van der Waals surface area contributed by atoms with Gasteiger partial charge in [0.1, 0.15) is 17.9 Å². The van der Waals surface area contributed by atoms with Crippen molar-refractivity contribution in [3.63, 3.8) is 0 Å². The van der Waals surface area contributed by atoms with Crippen LogP contribution in [-0.4, -0.2) is 30.6 Å². The summed E-state index contributed by atoms with van der Waals surface area (Å²) in [5.74, 6) is 0.746. The van der Waals surface area contributed by atoms with Crippen LogP contribution in [0.15, 0.2) is 64.8 Å². The highest BCUT2D eigenvalue weighted by molar-refractivity contribution is 7.17. The Bertz CT molecular complexity index is 1180. The number of aromatic nitrogens is 2. The highest BCUT2D eigenvalue weighted by Gasteiger charge is 2.16. The van der Waals surface area contributed by atoms with Crippen molar-refractivity contribution in [2.45, 2.75) is 20.0 Å². The number of rotatable bonds is 7. The largest absolute Gasteiger partial charge is 0.378 e. The SMILES string of the molecule is CC[NH+](Cc1ccc(N(C)C)cc1)Cc1nc2scc(-c3ccccc3)c2c(=O)[nH]1. The molecule has 0 fully saturated rings. The van der Waals surface area contributed by atoms with Crippen LogP contribution in [0.3, 0.4) is 0 Å². The molecule has 4 aromatic rings. The van der Waals surface area contributed by atoms with Gasteiger partial charge >= 0.3 is 0 Å². The van der Waals surface area contributed by atoms with E-state index >= 15 is 0 Å². The van der Waals surface area contributed by atoms with Gasteiger partial charge in [-0.2, -0.15) is 0 Å². The summed E-state index contributed by atoms with van der Waals surface area (Å²) in [6, 6.07) is 18.7. The van der Waals surface area contributed by atoms with E-state index < -0.39 is 0 Å². The van der Waals surface area contributed by atoms with Gasteiger partial charge in [-0.3, -0.25) is 4.79 Å². The highest BCUT2D eigenvalue weighted by Crippen LogP contribution is 2.30. The predicted octanol–water partition coefficient (Wildman–Crippen LogP) is 3.32. The number of anilines is 1. The van der Waals surface area contributed by atoms with E-state index in [1.165, 1.54) is 27.5 Å². The molecule has 0 saturated carbocycles. The van der Waals surface area contributed by atoms with E-state index in [2.05, 4.69) is 41.1 Å². The van der Waals surface area contributed by atoms with Gasteiger partial charge in [0.25, 0.3) is 5.56 Å². The monoisotopic (exact) mass is 419 g/mol. The average Bonchev–Trinajstić information content (AvgIpc) is 3.19. The van der Waals surface area contributed by atoms with Crippen molar-refractivity contribution >= 4 is 27.2 Å². The van der Waals surface area contributed by atoms with E-state index in [0.29, 0.717) is 11.9 Å². The van der Waals surface area contributed by atoms with Crippen LogP contribution in [0.4, 0.5) is 5.69 Å².